The third-order valence-electron chi connectivity index (χ3n) is 1.61. The number of rotatable bonds is 5. The van der Waals surface area contributed by atoms with Gasteiger partial charge in [0.2, 0.25) is 6.41 Å². The van der Waals surface area contributed by atoms with E-state index in [0.717, 1.165) is 0 Å². The Balaban J connectivity index is 2.25. The normalized spacial score (nSPS) is 18.9. The van der Waals surface area contributed by atoms with Crippen LogP contribution < -0.4 is 5.32 Å². The molecule has 0 saturated heterocycles. The molecule has 0 aromatic heterocycles. The summed E-state index contributed by atoms with van der Waals surface area (Å²) < 4.78 is 4.90. The molecule has 0 radical (unpaired) electrons. The number of nitrogens with one attached hydrogen (secondary N) is 1. The predicted molar refractivity (Wildman–Crippen MR) is 34.8 cm³/mol. The molecule has 0 aliphatic heterocycles. The molecule has 1 amide bonds. The summed E-state index contributed by atoms with van der Waals surface area (Å²) in [6.45, 7) is -0.0319. The second kappa shape index (κ2) is 2.87. The zero-order chi connectivity index (χ0) is 8.32. The van der Waals surface area contributed by atoms with Gasteiger partial charge in [0.05, 0.1) is 0 Å². The summed E-state index contributed by atoms with van der Waals surface area (Å²) in [5.41, 5.74) is -1.00. The summed E-state index contributed by atoms with van der Waals surface area (Å²) in [6, 6.07) is 0. The highest BCUT2D eigenvalue weighted by atomic mass is 16.5. The van der Waals surface area contributed by atoms with Crippen molar-refractivity contribution in [3.63, 3.8) is 0 Å². The lowest BCUT2D eigenvalue weighted by Gasteiger charge is -2.09. The summed E-state index contributed by atoms with van der Waals surface area (Å²) in [5.74, 6) is -0.954. The molecule has 11 heavy (non-hydrogen) atoms. The minimum absolute atomic E-state index is 0.0319. The smallest absolute Gasteiger partial charge is 0.336 e. The molecule has 1 rings (SSSR count). The number of hydrogen-bond donors (Lipinski definition) is 2. The Hall–Kier alpha value is -1.10. The molecular weight excluding hydrogens is 150 g/mol. The summed E-state index contributed by atoms with van der Waals surface area (Å²) >= 11 is 0. The van der Waals surface area contributed by atoms with Crippen molar-refractivity contribution >= 4 is 12.4 Å². The lowest BCUT2D eigenvalue weighted by Crippen LogP contribution is -2.30. The average Bonchev–Trinajstić information content (AvgIpc) is 2.70. The van der Waals surface area contributed by atoms with Gasteiger partial charge >= 0.3 is 5.97 Å². The van der Waals surface area contributed by atoms with Crippen LogP contribution in [0.2, 0.25) is 0 Å². The first kappa shape index (κ1) is 8.00. The van der Waals surface area contributed by atoms with Gasteiger partial charge in [-0.1, -0.05) is 0 Å². The molecule has 0 spiro atoms. The van der Waals surface area contributed by atoms with Crippen LogP contribution in [-0.4, -0.2) is 29.8 Å². The number of carbonyl (C=O) groups is 2. The van der Waals surface area contributed by atoms with Gasteiger partial charge < -0.3 is 15.2 Å². The molecule has 0 unspecified atom stereocenters. The zero-order valence-electron chi connectivity index (χ0n) is 5.87. The monoisotopic (exact) mass is 159 g/mol. The molecule has 62 valence electrons. The highest BCUT2D eigenvalue weighted by molar-refractivity contribution is 5.80. The van der Waals surface area contributed by atoms with Crippen LogP contribution in [0.25, 0.3) is 0 Å². The van der Waals surface area contributed by atoms with Crippen LogP contribution >= 0.6 is 0 Å². The van der Waals surface area contributed by atoms with E-state index in [4.69, 9.17) is 9.84 Å². The molecule has 0 heterocycles. The Morgan fingerprint density at radius 3 is 2.73 bits per heavy atom. The molecule has 5 nitrogen and oxygen atoms in total. The molecule has 1 aliphatic carbocycles. The molecular formula is C6H9NO4. The van der Waals surface area contributed by atoms with Gasteiger partial charge in [-0.05, 0) is 12.8 Å². The molecule has 2 N–H and O–H groups in total. The predicted octanol–water partition coefficient (Wildman–Crippen LogP) is -0.676. The first-order valence-corrected chi connectivity index (χ1v) is 3.26. The number of carboxylic acid groups (broad SMARTS) is 1. The highest BCUT2D eigenvalue weighted by Crippen LogP contribution is 2.39. The Morgan fingerprint density at radius 1 is 1.73 bits per heavy atom. The van der Waals surface area contributed by atoms with Crippen molar-refractivity contribution in [1.29, 1.82) is 0 Å². The molecule has 0 atom stereocenters. The minimum Gasteiger partial charge on any atom is -0.479 e. The van der Waals surface area contributed by atoms with Gasteiger partial charge in [0.15, 0.2) is 5.60 Å². The van der Waals surface area contributed by atoms with Crippen molar-refractivity contribution < 1.29 is 19.4 Å². The van der Waals surface area contributed by atoms with Crippen molar-refractivity contribution in [2.75, 3.05) is 6.73 Å². The molecule has 0 bridgehead atoms. The lowest BCUT2D eigenvalue weighted by molar-refractivity contribution is -0.154. The van der Waals surface area contributed by atoms with E-state index in [1.165, 1.54) is 0 Å². The van der Waals surface area contributed by atoms with E-state index in [-0.39, 0.29) is 6.73 Å². The van der Waals surface area contributed by atoms with Gasteiger partial charge in [-0.2, -0.15) is 0 Å². The Labute approximate surface area is 63.3 Å². The molecule has 1 aliphatic rings. The number of carboxylic acids is 1. The number of ether oxygens (including phenoxy) is 1. The summed E-state index contributed by atoms with van der Waals surface area (Å²) in [4.78, 5) is 20.2. The maximum Gasteiger partial charge on any atom is 0.336 e. The van der Waals surface area contributed by atoms with Gasteiger partial charge in [-0.3, -0.25) is 4.79 Å². The third-order valence-corrected chi connectivity index (χ3v) is 1.61. The molecule has 1 saturated carbocycles. The topological polar surface area (TPSA) is 75.6 Å². The average molecular weight is 159 g/mol. The summed E-state index contributed by atoms with van der Waals surface area (Å²) in [7, 11) is 0. The summed E-state index contributed by atoms with van der Waals surface area (Å²) in [5, 5.41) is 10.8. The van der Waals surface area contributed by atoms with Crippen LogP contribution in [-0.2, 0) is 14.3 Å². The Morgan fingerprint density at radius 2 is 2.36 bits per heavy atom. The van der Waals surface area contributed by atoms with Crippen LogP contribution in [0.4, 0.5) is 0 Å². The fourth-order valence-electron chi connectivity index (χ4n) is 0.747. The van der Waals surface area contributed by atoms with Crippen molar-refractivity contribution in [1.82, 2.24) is 5.32 Å². The van der Waals surface area contributed by atoms with Gasteiger partial charge in [-0.25, -0.2) is 4.79 Å². The third kappa shape index (κ3) is 1.68. The van der Waals surface area contributed by atoms with Crippen molar-refractivity contribution in [2.45, 2.75) is 18.4 Å². The van der Waals surface area contributed by atoms with Crippen LogP contribution in [0.3, 0.4) is 0 Å². The van der Waals surface area contributed by atoms with Crippen LogP contribution in [0, 0.1) is 0 Å². The van der Waals surface area contributed by atoms with Gasteiger partial charge in [0.25, 0.3) is 0 Å². The van der Waals surface area contributed by atoms with Gasteiger partial charge in [0, 0.05) is 0 Å². The van der Waals surface area contributed by atoms with Crippen LogP contribution in [0.5, 0.6) is 0 Å². The largest absolute Gasteiger partial charge is 0.479 e. The van der Waals surface area contributed by atoms with Crippen LogP contribution in [0.15, 0.2) is 0 Å². The maximum absolute atomic E-state index is 10.4. The van der Waals surface area contributed by atoms with Crippen molar-refractivity contribution in [2.24, 2.45) is 0 Å². The van der Waals surface area contributed by atoms with Crippen molar-refractivity contribution in [3.05, 3.63) is 0 Å². The summed E-state index contributed by atoms with van der Waals surface area (Å²) in [6.07, 6.45) is 1.53. The second-order valence-corrected chi connectivity index (χ2v) is 2.41. The number of carbonyl (C=O) groups excluding carboxylic acids is 1. The molecule has 0 aromatic rings. The first-order valence-electron chi connectivity index (χ1n) is 3.26. The highest BCUT2D eigenvalue weighted by Gasteiger charge is 2.51. The van der Waals surface area contributed by atoms with E-state index in [9.17, 15) is 9.59 Å². The van der Waals surface area contributed by atoms with E-state index in [2.05, 4.69) is 5.32 Å². The number of aliphatic carboxylic acids is 1. The van der Waals surface area contributed by atoms with Crippen molar-refractivity contribution in [3.8, 4) is 0 Å². The van der Waals surface area contributed by atoms with E-state index in [1.54, 1.807) is 0 Å². The lowest BCUT2D eigenvalue weighted by atomic mass is 10.3. The first-order chi connectivity index (χ1) is 5.21. The molecule has 1 fully saturated rings. The van der Waals surface area contributed by atoms with E-state index >= 15 is 0 Å². The maximum atomic E-state index is 10.4. The molecule has 5 heteroatoms. The van der Waals surface area contributed by atoms with Crippen LogP contribution in [0.1, 0.15) is 12.8 Å². The Kier molecular flexibility index (Phi) is 2.09. The minimum atomic E-state index is -1.00. The quantitative estimate of drug-likeness (QED) is 0.316. The standard InChI is InChI=1S/C6H9NO4/c8-3-7-4-11-6(1-2-6)5(9)10/h3H,1-2,4H2,(H,7,8)(H,9,10). The van der Waals surface area contributed by atoms with Gasteiger partial charge in [-0.15, -0.1) is 0 Å². The number of hydrogen-bond acceptors (Lipinski definition) is 3. The zero-order valence-corrected chi connectivity index (χ0v) is 5.87. The van der Waals surface area contributed by atoms with E-state index in [1.807, 2.05) is 0 Å². The second-order valence-electron chi connectivity index (χ2n) is 2.41. The van der Waals surface area contributed by atoms with Gasteiger partial charge in [0.1, 0.15) is 6.73 Å². The molecule has 0 aromatic carbocycles. The number of amides is 1. The van der Waals surface area contributed by atoms with E-state index in [0.29, 0.717) is 19.3 Å². The van der Waals surface area contributed by atoms with E-state index < -0.39 is 11.6 Å². The fourth-order valence-corrected chi connectivity index (χ4v) is 0.747. The SMILES string of the molecule is O=CNCOC1(C(=O)O)CC1. The Bertz CT molecular complexity index is 175. The fraction of sp³-hybridized carbons (Fsp3) is 0.667.